The molecule has 5 nitrogen and oxygen atoms in total. The number of rotatable bonds is 8. The third-order valence-electron chi connectivity index (χ3n) is 4.77. The highest BCUT2D eigenvalue weighted by Crippen LogP contribution is 2.31. The fourth-order valence-electron chi connectivity index (χ4n) is 3.31. The van der Waals surface area contributed by atoms with Gasteiger partial charge in [0.25, 0.3) is 0 Å². The minimum atomic E-state index is -0.369. The van der Waals surface area contributed by atoms with E-state index < -0.39 is 0 Å². The number of ether oxygens (including phenoxy) is 2. The lowest BCUT2D eigenvalue weighted by molar-refractivity contribution is -0.146. The Morgan fingerprint density at radius 2 is 1.96 bits per heavy atom. The van der Waals surface area contributed by atoms with Crippen molar-refractivity contribution in [1.29, 1.82) is 0 Å². The lowest BCUT2D eigenvalue weighted by atomic mass is 9.78. The van der Waals surface area contributed by atoms with E-state index in [0.29, 0.717) is 19.8 Å². The highest BCUT2D eigenvalue weighted by molar-refractivity contribution is 5.85. The Balaban J connectivity index is 0.00000312. The van der Waals surface area contributed by atoms with Crippen molar-refractivity contribution in [1.82, 2.24) is 10.2 Å². The SMILES string of the molecule is COCC1(C(=O)N(C)CCCOc2ccccc2C)CCNCC1.Cl. The third kappa shape index (κ3) is 5.87. The second-order valence-corrected chi connectivity index (χ2v) is 6.66. The molecular formula is C19H31ClN2O3. The molecule has 0 atom stereocenters. The van der Waals surface area contributed by atoms with Crippen LogP contribution < -0.4 is 10.1 Å². The summed E-state index contributed by atoms with van der Waals surface area (Å²) in [7, 11) is 3.56. The summed E-state index contributed by atoms with van der Waals surface area (Å²) in [6.07, 6.45) is 2.49. The van der Waals surface area contributed by atoms with Crippen molar-refractivity contribution in [3.8, 4) is 5.75 Å². The minimum absolute atomic E-state index is 0. The normalized spacial score (nSPS) is 16.0. The highest BCUT2D eigenvalue weighted by atomic mass is 35.5. The molecule has 25 heavy (non-hydrogen) atoms. The van der Waals surface area contributed by atoms with Crippen LogP contribution in [0.3, 0.4) is 0 Å². The fraction of sp³-hybridized carbons (Fsp3) is 0.632. The van der Waals surface area contributed by atoms with Gasteiger partial charge in [0, 0.05) is 20.7 Å². The van der Waals surface area contributed by atoms with Gasteiger partial charge >= 0.3 is 0 Å². The first-order valence-corrected chi connectivity index (χ1v) is 8.73. The average Bonchev–Trinajstić information content (AvgIpc) is 2.60. The minimum Gasteiger partial charge on any atom is -0.493 e. The van der Waals surface area contributed by atoms with Crippen molar-refractivity contribution >= 4 is 18.3 Å². The van der Waals surface area contributed by atoms with Crippen LogP contribution in [0.2, 0.25) is 0 Å². The predicted molar refractivity (Wildman–Crippen MR) is 103 cm³/mol. The van der Waals surface area contributed by atoms with E-state index in [-0.39, 0.29) is 23.7 Å². The van der Waals surface area contributed by atoms with Gasteiger partial charge in [0.2, 0.25) is 5.91 Å². The lowest BCUT2D eigenvalue weighted by Gasteiger charge is -2.38. The number of piperidine rings is 1. The van der Waals surface area contributed by atoms with Crippen LogP contribution in [0.5, 0.6) is 5.75 Å². The molecule has 2 rings (SSSR count). The van der Waals surface area contributed by atoms with Crippen molar-refractivity contribution < 1.29 is 14.3 Å². The Morgan fingerprint density at radius 1 is 1.28 bits per heavy atom. The Labute approximate surface area is 157 Å². The number of benzene rings is 1. The van der Waals surface area contributed by atoms with Crippen LogP contribution in [-0.2, 0) is 9.53 Å². The molecule has 0 bridgehead atoms. The third-order valence-corrected chi connectivity index (χ3v) is 4.77. The van der Waals surface area contributed by atoms with E-state index in [0.717, 1.165) is 43.7 Å². The zero-order valence-corrected chi connectivity index (χ0v) is 16.4. The average molecular weight is 371 g/mol. The molecule has 1 aromatic carbocycles. The van der Waals surface area contributed by atoms with Gasteiger partial charge in [-0.25, -0.2) is 0 Å². The van der Waals surface area contributed by atoms with E-state index >= 15 is 0 Å². The molecular weight excluding hydrogens is 340 g/mol. The molecule has 1 aliphatic heterocycles. The van der Waals surface area contributed by atoms with Crippen LogP contribution in [0.1, 0.15) is 24.8 Å². The van der Waals surface area contributed by atoms with Gasteiger partial charge in [-0.1, -0.05) is 18.2 Å². The molecule has 0 radical (unpaired) electrons. The van der Waals surface area contributed by atoms with E-state index in [1.807, 2.05) is 43.1 Å². The first-order valence-electron chi connectivity index (χ1n) is 8.73. The van der Waals surface area contributed by atoms with E-state index in [9.17, 15) is 4.79 Å². The smallest absolute Gasteiger partial charge is 0.230 e. The van der Waals surface area contributed by atoms with E-state index in [4.69, 9.17) is 9.47 Å². The summed E-state index contributed by atoms with van der Waals surface area (Å²) >= 11 is 0. The second kappa shape index (κ2) is 10.6. The molecule has 1 aromatic rings. The maximum Gasteiger partial charge on any atom is 0.230 e. The van der Waals surface area contributed by atoms with Crippen molar-refractivity contribution in [3.63, 3.8) is 0 Å². The van der Waals surface area contributed by atoms with Crippen molar-refractivity contribution in [2.24, 2.45) is 5.41 Å². The number of carbonyl (C=O) groups excluding carboxylic acids is 1. The zero-order valence-electron chi connectivity index (χ0n) is 15.5. The quantitative estimate of drug-likeness (QED) is 0.715. The largest absolute Gasteiger partial charge is 0.493 e. The van der Waals surface area contributed by atoms with Gasteiger partial charge in [-0.2, -0.15) is 0 Å². The molecule has 1 amide bonds. The van der Waals surface area contributed by atoms with E-state index in [1.54, 1.807) is 7.11 Å². The van der Waals surface area contributed by atoms with Crippen LogP contribution in [0.4, 0.5) is 0 Å². The first-order chi connectivity index (χ1) is 11.6. The van der Waals surface area contributed by atoms with Crippen LogP contribution in [0, 0.1) is 12.3 Å². The van der Waals surface area contributed by atoms with E-state index in [2.05, 4.69) is 5.32 Å². The maximum atomic E-state index is 12.9. The lowest BCUT2D eigenvalue weighted by Crippen LogP contribution is -2.50. The molecule has 6 heteroatoms. The molecule has 0 aliphatic carbocycles. The maximum absolute atomic E-state index is 12.9. The topological polar surface area (TPSA) is 50.8 Å². The van der Waals surface area contributed by atoms with Gasteiger partial charge in [0.05, 0.1) is 18.6 Å². The number of nitrogens with one attached hydrogen (secondary N) is 1. The Kier molecular flexibility index (Phi) is 9.25. The first kappa shape index (κ1) is 21.7. The van der Waals surface area contributed by atoms with Crippen molar-refractivity contribution in [2.45, 2.75) is 26.2 Å². The van der Waals surface area contributed by atoms with Crippen LogP contribution in [-0.4, -0.2) is 57.8 Å². The van der Waals surface area contributed by atoms with Gasteiger partial charge < -0.3 is 19.7 Å². The zero-order chi connectivity index (χ0) is 17.4. The molecule has 0 unspecified atom stereocenters. The van der Waals surface area contributed by atoms with Gasteiger partial charge in [-0.15, -0.1) is 12.4 Å². The number of halogens is 1. The summed E-state index contributed by atoms with van der Waals surface area (Å²) in [6, 6.07) is 8.00. The Hall–Kier alpha value is -1.30. The number of hydrogen-bond acceptors (Lipinski definition) is 4. The number of aryl methyl sites for hydroxylation is 1. The summed E-state index contributed by atoms with van der Waals surface area (Å²) in [5.74, 6) is 1.11. The van der Waals surface area contributed by atoms with Crippen LogP contribution in [0.25, 0.3) is 0 Å². The summed E-state index contributed by atoms with van der Waals surface area (Å²) in [4.78, 5) is 14.7. The number of hydrogen-bond donors (Lipinski definition) is 1. The molecule has 1 aliphatic rings. The number of amides is 1. The Morgan fingerprint density at radius 3 is 2.60 bits per heavy atom. The summed E-state index contributed by atoms with van der Waals surface area (Å²) in [6.45, 7) is 5.59. The summed E-state index contributed by atoms with van der Waals surface area (Å²) in [5, 5.41) is 3.32. The summed E-state index contributed by atoms with van der Waals surface area (Å²) in [5.41, 5.74) is 0.765. The van der Waals surface area contributed by atoms with Gasteiger partial charge in [0.15, 0.2) is 0 Å². The number of para-hydroxylation sites is 1. The van der Waals surface area contributed by atoms with Crippen LogP contribution >= 0.6 is 12.4 Å². The van der Waals surface area contributed by atoms with Crippen molar-refractivity contribution in [2.75, 3.05) is 47.0 Å². The molecule has 0 saturated carbocycles. The van der Waals surface area contributed by atoms with Gasteiger partial charge in [-0.05, 0) is 50.9 Å². The highest BCUT2D eigenvalue weighted by Gasteiger charge is 2.41. The molecule has 142 valence electrons. The fourth-order valence-corrected chi connectivity index (χ4v) is 3.31. The molecule has 1 saturated heterocycles. The monoisotopic (exact) mass is 370 g/mol. The molecule has 1 heterocycles. The summed E-state index contributed by atoms with van der Waals surface area (Å²) < 4.78 is 11.2. The predicted octanol–water partition coefficient (Wildman–Crippen LogP) is 2.66. The second-order valence-electron chi connectivity index (χ2n) is 6.66. The molecule has 1 N–H and O–H groups in total. The number of nitrogens with zero attached hydrogens (tertiary/aromatic N) is 1. The number of methoxy groups -OCH3 is 1. The number of carbonyl (C=O) groups is 1. The molecule has 0 spiro atoms. The molecule has 1 fully saturated rings. The van der Waals surface area contributed by atoms with Gasteiger partial charge in [-0.3, -0.25) is 4.79 Å². The standard InChI is InChI=1S/C19H30N2O3.ClH/c1-16-7-4-5-8-17(16)24-14-6-13-21(2)18(22)19(15-23-3)9-11-20-12-10-19;/h4-5,7-8,20H,6,9-15H2,1-3H3;1H. The van der Waals surface area contributed by atoms with Crippen molar-refractivity contribution in [3.05, 3.63) is 29.8 Å². The molecule has 0 aromatic heterocycles. The van der Waals surface area contributed by atoms with E-state index in [1.165, 1.54) is 0 Å². The van der Waals surface area contributed by atoms with Gasteiger partial charge in [0.1, 0.15) is 5.75 Å². The Bertz CT molecular complexity index is 528. The van der Waals surface area contributed by atoms with Crippen LogP contribution in [0.15, 0.2) is 24.3 Å².